The summed E-state index contributed by atoms with van der Waals surface area (Å²) < 4.78 is 40.0. The summed E-state index contributed by atoms with van der Waals surface area (Å²) in [5, 5.41) is 14.1. The fourth-order valence-electron chi connectivity index (χ4n) is 4.93. The number of amides is 2. The number of benzene rings is 3. The molecule has 3 aromatic carbocycles. The lowest BCUT2D eigenvalue weighted by molar-refractivity contribution is -0.123. The molecule has 0 saturated carbocycles. The SMILES string of the molecule is COc1cccc(S(=O)(=O)NC[C@@H](O)[C@H](Cc2ccccc2)NC(=O)C2COC(=O)N2c2ccccc2)c1CC(C)C. The third-order valence-corrected chi connectivity index (χ3v) is 8.50. The van der Waals surface area contributed by atoms with Crippen LogP contribution in [0.1, 0.15) is 25.0 Å². The molecule has 3 N–H and O–H groups in total. The largest absolute Gasteiger partial charge is 0.496 e. The van der Waals surface area contributed by atoms with Gasteiger partial charge in [-0.15, -0.1) is 0 Å². The highest BCUT2D eigenvalue weighted by molar-refractivity contribution is 7.89. The minimum atomic E-state index is -4.04. The zero-order valence-corrected chi connectivity index (χ0v) is 24.7. The first-order valence-corrected chi connectivity index (χ1v) is 15.3. The maximum absolute atomic E-state index is 13.5. The minimum absolute atomic E-state index is 0.0755. The van der Waals surface area contributed by atoms with E-state index in [1.54, 1.807) is 42.5 Å². The lowest BCUT2D eigenvalue weighted by Crippen LogP contribution is -2.54. The van der Waals surface area contributed by atoms with Crippen LogP contribution in [-0.4, -0.2) is 64.0 Å². The molecule has 1 aliphatic rings. The predicted molar refractivity (Wildman–Crippen MR) is 159 cm³/mol. The van der Waals surface area contributed by atoms with Crippen LogP contribution in [0.5, 0.6) is 5.75 Å². The molecule has 3 atom stereocenters. The van der Waals surface area contributed by atoms with E-state index in [1.807, 2.05) is 44.2 Å². The van der Waals surface area contributed by atoms with Gasteiger partial charge < -0.3 is 19.9 Å². The molecule has 3 aromatic rings. The van der Waals surface area contributed by atoms with Crippen LogP contribution in [0.4, 0.5) is 10.5 Å². The van der Waals surface area contributed by atoms with E-state index in [1.165, 1.54) is 18.1 Å². The van der Waals surface area contributed by atoms with Crippen molar-refractivity contribution >= 4 is 27.7 Å². The zero-order valence-electron chi connectivity index (χ0n) is 23.9. The molecule has 0 spiro atoms. The highest BCUT2D eigenvalue weighted by atomic mass is 32.2. The number of para-hydroxylation sites is 1. The fraction of sp³-hybridized carbons (Fsp3) is 0.355. The highest BCUT2D eigenvalue weighted by Gasteiger charge is 2.40. The van der Waals surface area contributed by atoms with Crippen molar-refractivity contribution in [3.8, 4) is 5.75 Å². The van der Waals surface area contributed by atoms with Crippen LogP contribution in [0.2, 0.25) is 0 Å². The number of cyclic esters (lactones) is 1. The third kappa shape index (κ3) is 7.47. The van der Waals surface area contributed by atoms with Crippen molar-refractivity contribution in [2.24, 2.45) is 5.92 Å². The second-order valence-corrected chi connectivity index (χ2v) is 12.3. The number of aliphatic hydroxyl groups is 1. The quantitative estimate of drug-likeness (QED) is 0.276. The van der Waals surface area contributed by atoms with Gasteiger partial charge in [0.25, 0.3) is 0 Å². The highest BCUT2D eigenvalue weighted by Crippen LogP contribution is 2.28. The van der Waals surface area contributed by atoms with Crippen molar-refractivity contribution in [1.29, 1.82) is 0 Å². The standard InChI is InChI=1S/C31H37N3O7S/c1-21(2)17-24-28(40-3)15-10-16-29(24)42(38,39)32-19-27(35)25(18-22-11-6-4-7-12-22)33-30(36)26-20-41-31(37)34(26)23-13-8-5-9-14-23/h4-16,21,25-27,32,35H,17-20H2,1-3H3,(H,33,36)/t25-,26?,27+/m0/s1. The van der Waals surface area contributed by atoms with Gasteiger partial charge in [-0.05, 0) is 48.6 Å². The van der Waals surface area contributed by atoms with Gasteiger partial charge in [0.15, 0.2) is 6.04 Å². The molecule has 0 bridgehead atoms. The molecule has 224 valence electrons. The van der Waals surface area contributed by atoms with Gasteiger partial charge in [-0.25, -0.2) is 17.9 Å². The smallest absolute Gasteiger partial charge is 0.415 e. The number of ether oxygens (including phenoxy) is 2. The summed E-state index contributed by atoms with van der Waals surface area (Å²) in [5.41, 5.74) is 1.89. The molecule has 11 heteroatoms. The van der Waals surface area contributed by atoms with Crippen LogP contribution in [-0.2, 0) is 32.4 Å². The Morgan fingerprint density at radius 3 is 2.33 bits per heavy atom. The van der Waals surface area contributed by atoms with Crippen LogP contribution in [0.3, 0.4) is 0 Å². The molecule has 42 heavy (non-hydrogen) atoms. The number of carbonyl (C=O) groups is 2. The normalized spacial score (nSPS) is 16.6. The summed E-state index contributed by atoms with van der Waals surface area (Å²) in [6, 6.07) is 20.9. The molecule has 10 nitrogen and oxygen atoms in total. The Morgan fingerprint density at radius 1 is 1.02 bits per heavy atom. The maximum atomic E-state index is 13.5. The molecule has 4 rings (SSSR count). The van der Waals surface area contributed by atoms with Crippen molar-refractivity contribution < 1.29 is 32.6 Å². The van der Waals surface area contributed by atoms with Gasteiger partial charge in [-0.3, -0.25) is 9.69 Å². The van der Waals surface area contributed by atoms with Gasteiger partial charge in [0.05, 0.1) is 24.2 Å². The number of anilines is 1. The van der Waals surface area contributed by atoms with Gasteiger partial charge in [0.2, 0.25) is 15.9 Å². The molecule has 0 aliphatic carbocycles. The Kier molecular flexibility index (Phi) is 10.2. The number of carbonyl (C=O) groups excluding carboxylic acids is 2. The Bertz CT molecular complexity index is 1470. The second kappa shape index (κ2) is 13.8. The van der Waals surface area contributed by atoms with Gasteiger partial charge in [0, 0.05) is 17.8 Å². The van der Waals surface area contributed by atoms with Gasteiger partial charge >= 0.3 is 6.09 Å². The van der Waals surface area contributed by atoms with Crippen molar-refractivity contribution in [3.63, 3.8) is 0 Å². The molecular formula is C31H37N3O7S. The first-order chi connectivity index (χ1) is 20.1. The number of nitrogens with one attached hydrogen (secondary N) is 2. The molecule has 2 amide bonds. The van der Waals surface area contributed by atoms with E-state index in [9.17, 15) is 23.1 Å². The second-order valence-electron chi connectivity index (χ2n) is 10.6. The van der Waals surface area contributed by atoms with Crippen LogP contribution in [0, 0.1) is 5.92 Å². The Hall–Kier alpha value is -3.93. The average Bonchev–Trinajstić information content (AvgIpc) is 3.37. The van der Waals surface area contributed by atoms with Crippen LogP contribution >= 0.6 is 0 Å². The average molecular weight is 596 g/mol. The van der Waals surface area contributed by atoms with E-state index in [0.717, 1.165) is 5.56 Å². The topological polar surface area (TPSA) is 134 Å². The Morgan fingerprint density at radius 2 is 1.69 bits per heavy atom. The summed E-state index contributed by atoms with van der Waals surface area (Å²) in [6.07, 6.45) is -1.24. The van der Waals surface area contributed by atoms with Crippen molar-refractivity contribution in [1.82, 2.24) is 10.0 Å². The predicted octanol–water partition coefficient (Wildman–Crippen LogP) is 3.29. The van der Waals surface area contributed by atoms with Crippen molar-refractivity contribution in [2.45, 2.75) is 49.8 Å². The van der Waals surface area contributed by atoms with E-state index < -0.39 is 40.2 Å². The van der Waals surface area contributed by atoms with E-state index >= 15 is 0 Å². The Labute approximate surface area is 246 Å². The first-order valence-electron chi connectivity index (χ1n) is 13.8. The van der Waals surface area contributed by atoms with Gasteiger partial charge in [-0.1, -0.05) is 68.4 Å². The first kappa shape index (κ1) is 31.0. The van der Waals surface area contributed by atoms with Gasteiger partial charge in [0.1, 0.15) is 12.4 Å². The van der Waals surface area contributed by atoms with Crippen molar-refractivity contribution in [2.75, 3.05) is 25.2 Å². The molecule has 1 saturated heterocycles. The molecule has 0 radical (unpaired) electrons. The summed E-state index contributed by atoms with van der Waals surface area (Å²) in [6.45, 7) is 3.45. The zero-order chi connectivity index (χ0) is 30.3. The van der Waals surface area contributed by atoms with Crippen molar-refractivity contribution in [3.05, 3.63) is 90.0 Å². The van der Waals surface area contributed by atoms with Gasteiger partial charge in [-0.2, -0.15) is 0 Å². The molecule has 1 unspecified atom stereocenters. The Balaban J connectivity index is 1.54. The van der Waals surface area contributed by atoms with E-state index in [2.05, 4.69) is 10.0 Å². The lowest BCUT2D eigenvalue weighted by Gasteiger charge is -2.28. The summed E-state index contributed by atoms with van der Waals surface area (Å²) >= 11 is 0. The number of sulfonamides is 1. The number of methoxy groups -OCH3 is 1. The summed E-state index contributed by atoms with van der Waals surface area (Å²) in [4.78, 5) is 27.3. The fourth-order valence-corrected chi connectivity index (χ4v) is 6.24. The third-order valence-electron chi connectivity index (χ3n) is 6.99. The van der Waals surface area contributed by atoms with E-state index in [0.29, 0.717) is 23.4 Å². The molecule has 0 aromatic heterocycles. The lowest BCUT2D eigenvalue weighted by atomic mass is 10.0. The number of nitrogens with zero attached hydrogens (tertiary/aromatic N) is 1. The number of hydrogen-bond acceptors (Lipinski definition) is 7. The number of rotatable bonds is 13. The van der Waals surface area contributed by atoms with Crippen LogP contribution in [0.25, 0.3) is 0 Å². The van der Waals surface area contributed by atoms with E-state index in [-0.39, 0.29) is 30.4 Å². The number of aliphatic hydroxyl groups excluding tert-OH is 1. The van der Waals surface area contributed by atoms with Crippen LogP contribution < -0.4 is 19.7 Å². The maximum Gasteiger partial charge on any atom is 0.415 e. The molecule has 1 fully saturated rings. The van der Waals surface area contributed by atoms with Crippen LogP contribution in [0.15, 0.2) is 83.8 Å². The summed E-state index contributed by atoms with van der Waals surface area (Å²) in [5.74, 6) is 0.116. The number of hydrogen-bond donors (Lipinski definition) is 3. The minimum Gasteiger partial charge on any atom is -0.496 e. The molecular weight excluding hydrogens is 558 g/mol. The summed E-state index contributed by atoms with van der Waals surface area (Å²) in [7, 11) is -2.55. The molecule has 1 heterocycles. The van der Waals surface area contributed by atoms with E-state index in [4.69, 9.17) is 9.47 Å². The monoisotopic (exact) mass is 595 g/mol. The molecule has 1 aliphatic heterocycles.